The molecule has 0 aromatic rings. The van der Waals surface area contributed by atoms with Crippen molar-refractivity contribution in [2.75, 3.05) is 47.8 Å². The normalized spacial score (nSPS) is 17.4. The summed E-state index contributed by atoms with van der Waals surface area (Å²) in [5.41, 5.74) is 0. The number of ether oxygens (including phenoxy) is 2. The van der Waals surface area contributed by atoms with E-state index in [0.717, 1.165) is 36.2 Å². The molecule has 0 aliphatic carbocycles. The van der Waals surface area contributed by atoms with Crippen LogP contribution >= 0.6 is 0 Å². The highest BCUT2D eigenvalue weighted by Gasteiger charge is 2.36. The molecule has 128 valence electrons. The van der Waals surface area contributed by atoms with Crippen molar-refractivity contribution in [3.8, 4) is 0 Å². The Bertz CT molecular complexity index is 212. The molecule has 8 heteroatoms. The average Bonchev–Trinajstić information content (AvgIpc) is 3.34. The summed E-state index contributed by atoms with van der Waals surface area (Å²) >= 11 is 0. The minimum absolute atomic E-state index is 0.333. The number of unbranched alkanes of at least 4 members (excludes halogenated alkanes) is 1. The fourth-order valence-electron chi connectivity index (χ4n) is 1.61. The van der Waals surface area contributed by atoms with Gasteiger partial charge in [-0.1, -0.05) is 13.3 Å². The molecule has 21 heavy (non-hydrogen) atoms. The molecular weight excluding hydrogens is 308 g/mol. The second-order valence-corrected chi connectivity index (χ2v) is 8.44. The molecule has 0 N–H and O–H groups in total. The zero-order valence-electron chi connectivity index (χ0n) is 14.2. The van der Waals surface area contributed by atoms with Crippen LogP contribution in [0.4, 0.5) is 0 Å². The van der Waals surface area contributed by atoms with Crippen molar-refractivity contribution in [2.24, 2.45) is 0 Å². The van der Waals surface area contributed by atoms with Gasteiger partial charge in [0.15, 0.2) is 0 Å². The molecule has 1 unspecified atom stereocenters. The van der Waals surface area contributed by atoms with Gasteiger partial charge in [-0.15, -0.1) is 0 Å². The second kappa shape index (κ2) is 13.8. The third-order valence-electron chi connectivity index (χ3n) is 3.11. The van der Waals surface area contributed by atoms with Crippen LogP contribution in [0.15, 0.2) is 0 Å². The van der Waals surface area contributed by atoms with Gasteiger partial charge in [0.25, 0.3) is 0 Å². The number of hydrogen-bond donors (Lipinski definition) is 0. The van der Waals surface area contributed by atoms with E-state index < -0.39 is 8.80 Å². The van der Waals surface area contributed by atoms with Crippen LogP contribution in [0, 0.1) is 0 Å². The fourth-order valence-corrected chi connectivity index (χ4v) is 3.59. The lowest BCUT2D eigenvalue weighted by molar-refractivity contribution is 0.100. The topological polar surface area (TPSA) is 58.7 Å². The van der Waals surface area contributed by atoms with Gasteiger partial charge in [-0.05, 0) is 12.8 Å². The molecule has 1 rings (SSSR count). The highest BCUT2D eigenvalue weighted by Crippen LogP contribution is 2.15. The van der Waals surface area contributed by atoms with E-state index in [-0.39, 0.29) is 0 Å². The number of hydrogen-bond acceptors (Lipinski definition) is 6. The zero-order chi connectivity index (χ0) is 16.0. The summed E-state index contributed by atoms with van der Waals surface area (Å²) in [4.78, 5) is 0. The molecule has 1 heterocycles. The van der Waals surface area contributed by atoms with Crippen molar-refractivity contribution in [3.63, 3.8) is 0 Å². The van der Waals surface area contributed by atoms with Crippen molar-refractivity contribution in [3.05, 3.63) is 0 Å². The van der Waals surface area contributed by atoms with E-state index in [0.29, 0.717) is 19.3 Å². The fraction of sp³-hybridized carbons (Fsp3) is 1.00. The molecule has 0 spiro atoms. The first-order valence-corrected chi connectivity index (χ1v) is 10.3. The number of epoxide rings is 1. The van der Waals surface area contributed by atoms with Crippen LogP contribution in [0.2, 0.25) is 6.04 Å². The zero-order valence-corrected chi connectivity index (χ0v) is 17.2. The molecule has 0 aromatic carbocycles. The standard InChI is InChI=1S/C9H20O5Si.C4H12OSi/c1-10-15(11-2,12-3)6-4-5-13-7-9-8-14-9;1-2-3-4-5-6/h9H,4-8H2,1-3H3;2-4H2,1,6H3. The molecule has 1 aliphatic heterocycles. The van der Waals surface area contributed by atoms with E-state index in [1.54, 1.807) is 21.3 Å². The molecular formula is C13H32O6Si2. The Kier molecular flexibility index (Phi) is 14.0. The van der Waals surface area contributed by atoms with E-state index in [4.69, 9.17) is 27.2 Å². The average molecular weight is 341 g/mol. The summed E-state index contributed by atoms with van der Waals surface area (Å²) < 4.78 is 31.2. The van der Waals surface area contributed by atoms with E-state index in [2.05, 4.69) is 6.92 Å². The first-order chi connectivity index (χ1) is 10.2. The Balaban J connectivity index is 0.000000567. The molecule has 0 bridgehead atoms. The summed E-state index contributed by atoms with van der Waals surface area (Å²) in [7, 11) is 3.38. The van der Waals surface area contributed by atoms with Crippen LogP contribution in [0.25, 0.3) is 0 Å². The highest BCUT2D eigenvalue weighted by atomic mass is 28.4. The summed E-state index contributed by atoms with van der Waals surface area (Å²) in [6.45, 7) is 5.38. The van der Waals surface area contributed by atoms with Crippen LogP contribution in [-0.2, 0) is 27.2 Å². The van der Waals surface area contributed by atoms with Crippen LogP contribution in [0.1, 0.15) is 26.2 Å². The summed E-state index contributed by atoms with van der Waals surface area (Å²) in [6, 6.07) is 0.780. The van der Waals surface area contributed by atoms with Crippen LogP contribution in [-0.4, -0.2) is 73.2 Å². The predicted molar refractivity (Wildman–Crippen MR) is 87.6 cm³/mol. The van der Waals surface area contributed by atoms with Gasteiger partial charge >= 0.3 is 8.80 Å². The lowest BCUT2D eigenvalue weighted by Crippen LogP contribution is -2.42. The highest BCUT2D eigenvalue weighted by molar-refractivity contribution is 6.60. The lowest BCUT2D eigenvalue weighted by Gasteiger charge is -2.24. The molecule has 0 saturated carbocycles. The van der Waals surface area contributed by atoms with Gasteiger partial charge in [-0.2, -0.15) is 0 Å². The monoisotopic (exact) mass is 340 g/mol. The molecule has 1 aliphatic rings. The Hall–Kier alpha value is 0.194. The van der Waals surface area contributed by atoms with Crippen LogP contribution in [0.3, 0.4) is 0 Å². The summed E-state index contributed by atoms with van der Waals surface area (Å²) in [6.07, 6.45) is 3.69. The first kappa shape index (κ1) is 21.2. The summed E-state index contributed by atoms with van der Waals surface area (Å²) in [5, 5.41) is 0. The van der Waals surface area contributed by atoms with Crippen molar-refractivity contribution >= 4 is 19.3 Å². The number of rotatable bonds is 12. The van der Waals surface area contributed by atoms with Gasteiger partial charge < -0.3 is 27.2 Å². The quantitative estimate of drug-likeness (QED) is 0.297. The minimum Gasteiger partial charge on any atom is -0.428 e. The lowest BCUT2D eigenvalue weighted by atomic mass is 10.4. The van der Waals surface area contributed by atoms with Crippen LogP contribution < -0.4 is 0 Å². The van der Waals surface area contributed by atoms with E-state index in [9.17, 15) is 0 Å². The SMILES string of the molecule is CCCCO[SiH3].CO[Si](CCCOCC1CO1)(OC)OC. The first-order valence-electron chi connectivity index (χ1n) is 7.51. The summed E-state index contributed by atoms with van der Waals surface area (Å²) in [5.74, 6) is 0. The van der Waals surface area contributed by atoms with E-state index >= 15 is 0 Å². The Morgan fingerprint density at radius 1 is 1.10 bits per heavy atom. The maximum absolute atomic E-state index is 5.42. The van der Waals surface area contributed by atoms with E-state index in [1.165, 1.54) is 12.8 Å². The molecule has 1 fully saturated rings. The largest absolute Gasteiger partial charge is 0.500 e. The van der Waals surface area contributed by atoms with Crippen molar-refractivity contribution in [1.29, 1.82) is 0 Å². The van der Waals surface area contributed by atoms with Gasteiger partial charge in [0.05, 0.1) is 13.2 Å². The maximum Gasteiger partial charge on any atom is 0.500 e. The minimum atomic E-state index is -2.39. The Morgan fingerprint density at radius 3 is 2.10 bits per heavy atom. The van der Waals surface area contributed by atoms with E-state index in [1.807, 2.05) is 0 Å². The van der Waals surface area contributed by atoms with Crippen LogP contribution in [0.5, 0.6) is 0 Å². The molecule has 0 amide bonds. The molecule has 1 saturated heterocycles. The predicted octanol–water partition coefficient (Wildman–Crippen LogP) is 0.753. The smallest absolute Gasteiger partial charge is 0.428 e. The Morgan fingerprint density at radius 2 is 1.71 bits per heavy atom. The molecule has 0 radical (unpaired) electrons. The van der Waals surface area contributed by atoms with Gasteiger partial charge in [0.2, 0.25) is 0 Å². The van der Waals surface area contributed by atoms with Gasteiger partial charge in [0.1, 0.15) is 16.6 Å². The van der Waals surface area contributed by atoms with Gasteiger partial charge in [-0.3, -0.25) is 0 Å². The molecule has 1 atom stereocenters. The van der Waals surface area contributed by atoms with Gasteiger partial charge in [-0.25, -0.2) is 0 Å². The third kappa shape index (κ3) is 11.4. The maximum atomic E-state index is 5.42. The molecule has 0 aromatic heterocycles. The molecule has 6 nitrogen and oxygen atoms in total. The van der Waals surface area contributed by atoms with Crippen molar-refractivity contribution < 1.29 is 27.2 Å². The second-order valence-electron chi connectivity index (χ2n) is 4.78. The van der Waals surface area contributed by atoms with Crippen molar-refractivity contribution in [2.45, 2.75) is 38.3 Å². The van der Waals surface area contributed by atoms with Crippen molar-refractivity contribution in [1.82, 2.24) is 0 Å². The van der Waals surface area contributed by atoms with Gasteiger partial charge in [0, 0.05) is 40.6 Å². The third-order valence-corrected chi connectivity index (χ3v) is 6.35. The Labute approximate surface area is 133 Å².